The van der Waals surface area contributed by atoms with Gasteiger partial charge >= 0.3 is 0 Å². The van der Waals surface area contributed by atoms with E-state index in [1.807, 2.05) is 24.7 Å². The van der Waals surface area contributed by atoms with Crippen molar-refractivity contribution < 1.29 is 9.72 Å². The molecule has 2 heterocycles. The number of rotatable bonds is 6. The van der Waals surface area contributed by atoms with E-state index in [0.29, 0.717) is 18.7 Å². The van der Waals surface area contributed by atoms with Gasteiger partial charge in [-0.1, -0.05) is 6.07 Å². The Morgan fingerprint density at radius 1 is 1.46 bits per heavy atom. The minimum Gasteiger partial charge on any atom is -0.337 e. The minimum atomic E-state index is -0.465. The lowest BCUT2D eigenvalue weighted by atomic mass is 10.1. The topological polar surface area (TPSA) is 105 Å². The van der Waals surface area contributed by atoms with Gasteiger partial charge in [-0.2, -0.15) is 0 Å². The fourth-order valence-electron chi connectivity index (χ4n) is 3.28. The number of nitrogens with zero attached hydrogens (tertiary/aromatic N) is 4. The van der Waals surface area contributed by atoms with E-state index >= 15 is 0 Å². The molecule has 9 nitrogen and oxygen atoms in total. The maximum absolute atomic E-state index is 12.4. The van der Waals surface area contributed by atoms with Gasteiger partial charge in [0.2, 0.25) is 5.91 Å². The molecule has 1 saturated heterocycles. The van der Waals surface area contributed by atoms with E-state index in [1.165, 1.54) is 12.1 Å². The molecule has 0 bridgehead atoms. The molecule has 10 heteroatoms. The summed E-state index contributed by atoms with van der Waals surface area (Å²) in [5.41, 5.74) is 1.24. The minimum absolute atomic E-state index is 0. The van der Waals surface area contributed by atoms with Crippen LogP contribution in [-0.4, -0.2) is 51.5 Å². The summed E-state index contributed by atoms with van der Waals surface area (Å²) in [7, 11) is 1.97. The molecule has 1 unspecified atom stereocenters. The van der Waals surface area contributed by atoms with Crippen molar-refractivity contribution in [2.45, 2.75) is 19.4 Å². The maximum atomic E-state index is 12.4. The lowest BCUT2D eigenvalue weighted by Gasteiger charge is -2.35. The molecule has 0 saturated carbocycles. The normalized spacial score (nSPS) is 17.0. The largest absolute Gasteiger partial charge is 0.337 e. The summed E-state index contributed by atoms with van der Waals surface area (Å²) in [6, 6.07) is 4.59. The van der Waals surface area contributed by atoms with Gasteiger partial charge < -0.3 is 15.2 Å². The van der Waals surface area contributed by atoms with Crippen molar-refractivity contribution in [3.8, 4) is 0 Å². The zero-order chi connectivity index (χ0) is 19.4. The van der Waals surface area contributed by atoms with Crippen LogP contribution < -0.4 is 10.6 Å². The molecule has 1 aliphatic heterocycles. The van der Waals surface area contributed by atoms with Gasteiger partial charge in [0.15, 0.2) is 0 Å². The third-order valence-corrected chi connectivity index (χ3v) is 4.84. The van der Waals surface area contributed by atoms with Crippen molar-refractivity contribution in [2.24, 2.45) is 7.05 Å². The van der Waals surface area contributed by atoms with Crippen LogP contribution in [0.4, 0.5) is 11.4 Å². The van der Waals surface area contributed by atoms with E-state index in [1.54, 1.807) is 12.3 Å². The Morgan fingerprint density at radius 2 is 2.25 bits per heavy atom. The second kappa shape index (κ2) is 9.63. The van der Waals surface area contributed by atoms with Crippen molar-refractivity contribution in [3.05, 3.63) is 52.1 Å². The van der Waals surface area contributed by atoms with Crippen molar-refractivity contribution >= 4 is 29.7 Å². The highest BCUT2D eigenvalue weighted by Gasteiger charge is 2.27. The number of aryl methyl sites for hydroxylation is 2. The standard InChI is InChI=1S/C18H24N6O3.ClH/c1-13-3-4-14(24(26)27)11-15(13)21-17(25)5-8-23-10-6-19-12-16(23)18-20-7-9-22(18)2;/h3-4,7,9,11,16,19H,5-6,8,10,12H2,1-2H3,(H,21,25);1H. The summed E-state index contributed by atoms with van der Waals surface area (Å²) >= 11 is 0. The first-order chi connectivity index (χ1) is 13.0. The fourth-order valence-corrected chi connectivity index (χ4v) is 3.28. The van der Waals surface area contributed by atoms with Crippen LogP contribution in [-0.2, 0) is 11.8 Å². The van der Waals surface area contributed by atoms with Crippen LogP contribution in [0, 0.1) is 17.0 Å². The summed E-state index contributed by atoms with van der Waals surface area (Å²) < 4.78 is 2.00. The van der Waals surface area contributed by atoms with Crippen LogP contribution in [0.1, 0.15) is 23.9 Å². The predicted octanol–water partition coefficient (Wildman–Crippen LogP) is 2.03. The molecule has 152 valence electrons. The third-order valence-electron chi connectivity index (χ3n) is 4.84. The molecule has 2 aromatic rings. The summed E-state index contributed by atoms with van der Waals surface area (Å²) in [6.45, 7) is 4.90. The number of imidazole rings is 1. The number of piperazine rings is 1. The van der Waals surface area contributed by atoms with Gasteiger partial charge in [0.1, 0.15) is 5.82 Å². The highest BCUT2D eigenvalue weighted by Crippen LogP contribution is 2.23. The van der Waals surface area contributed by atoms with Crippen LogP contribution in [0.3, 0.4) is 0 Å². The number of carbonyl (C=O) groups excluding carboxylic acids is 1. The zero-order valence-corrected chi connectivity index (χ0v) is 16.7. The molecule has 1 amide bonds. The molecule has 0 radical (unpaired) electrons. The summed E-state index contributed by atoms with van der Waals surface area (Å²) in [4.78, 5) is 29.6. The van der Waals surface area contributed by atoms with Gasteiger partial charge in [-0.25, -0.2) is 4.98 Å². The number of hydrogen-bond donors (Lipinski definition) is 2. The van der Waals surface area contributed by atoms with E-state index < -0.39 is 4.92 Å². The highest BCUT2D eigenvalue weighted by atomic mass is 35.5. The van der Waals surface area contributed by atoms with Crippen molar-refractivity contribution in [1.29, 1.82) is 0 Å². The molecule has 1 aromatic heterocycles. The van der Waals surface area contributed by atoms with Crippen LogP contribution in [0.5, 0.6) is 0 Å². The fraction of sp³-hybridized carbons (Fsp3) is 0.444. The average Bonchev–Trinajstić information content (AvgIpc) is 3.07. The first kappa shape index (κ1) is 21.8. The average molecular weight is 409 g/mol. The Balaban J connectivity index is 0.00000280. The van der Waals surface area contributed by atoms with Crippen LogP contribution in [0.15, 0.2) is 30.6 Å². The SMILES string of the molecule is Cc1ccc([N+](=O)[O-])cc1NC(=O)CCN1CCNCC1c1nccn1C.Cl. The number of aromatic nitrogens is 2. The molecular formula is C18H25ClN6O3. The van der Waals surface area contributed by atoms with Crippen LogP contribution >= 0.6 is 12.4 Å². The van der Waals surface area contributed by atoms with Crippen molar-refractivity contribution in [1.82, 2.24) is 19.8 Å². The summed E-state index contributed by atoms with van der Waals surface area (Å²) in [5.74, 6) is 0.813. The molecule has 1 aliphatic rings. The number of nitro benzene ring substituents is 1. The number of carbonyl (C=O) groups is 1. The third kappa shape index (κ3) is 5.06. The smallest absolute Gasteiger partial charge is 0.271 e. The van der Waals surface area contributed by atoms with Crippen molar-refractivity contribution in [2.75, 3.05) is 31.5 Å². The van der Waals surface area contributed by atoms with Gasteiger partial charge in [-0.15, -0.1) is 12.4 Å². The van der Waals surface area contributed by atoms with Gasteiger partial charge in [0.25, 0.3) is 5.69 Å². The number of non-ortho nitro benzene ring substituents is 1. The molecule has 0 spiro atoms. The monoisotopic (exact) mass is 408 g/mol. The first-order valence-corrected chi connectivity index (χ1v) is 8.92. The molecule has 0 aliphatic carbocycles. The molecule has 1 fully saturated rings. The van der Waals surface area contributed by atoms with Crippen molar-refractivity contribution in [3.63, 3.8) is 0 Å². The van der Waals surface area contributed by atoms with Gasteiger partial charge in [-0.05, 0) is 12.5 Å². The molecule has 28 heavy (non-hydrogen) atoms. The molecular weight excluding hydrogens is 384 g/mol. The number of benzene rings is 1. The zero-order valence-electron chi connectivity index (χ0n) is 15.9. The number of amides is 1. The second-order valence-electron chi connectivity index (χ2n) is 6.71. The van der Waals surface area contributed by atoms with E-state index in [9.17, 15) is 14.9 Å². The van der Waals surface area contributed by atoms with Gasteiger partial charge in [0, 0.05) is 64.2 Å². The number of anilines is 1. The predicted molar refractivity (Wildman–Crippen MR) is 109 cm³/mol. The van der Waals surface area contributed by atoms with Gasteiger partial charge in [-0.3, -0.25) is 19.8 Å². The Kier molecular flexibility index (Phi) is 7.50. The lowest BCUT2D eigenvalue weighted by molar-refractivity contribution is -0.384. The molecule has 2 N–H and O–H groups in total. The number of nitro groups is 1. The van der Waals surface area contributed by atoms with E-state index in [4.69, 9.17) is 0 Å². The molecule has 1 aromatic carbocycles. The Bertz CT molecular complexity index is 840. The van der Waals surface area contributed by atoms with Crippen LogP contribution in [0.25, 0.3) is 0 Å². The molecule has 1 atom stereocenters. The Morgan fingerprint density at radius 3 is 2.93 bits per heavy atom. The number of halogens is 1. The summed E-state index contributed by atoms with van der Waals surface area (Å²) in [5, 5.41) is 17.1. The maximum Gasteiger partial charge on any atom is 0.271 e. The number of hydrogen-bond acceptors (Lipinski definition) is 6. The van der Waals surface area contributed by atoms with Crippen LogP contribution in [0.2, 0.25) is 0 Å². The Labute approximate surface area is 169 Å². The Hall–Kier alpha value is -2.49. The summed E-state index contributed by atoms with van der Waals surface area (Å²) in [6.07, 6.45) is 4.00. The first-order valence-electron chi connectivity index (χ1n) is 8.92. The van der Waals surface area contributed by atoms with E-state index in [2.05, 4.69) is 20.5 Å². The lowest BCUT2D eigenvalue weighted by Crippen LogP contribution is -2.47. The molecule has 3 rings (SSSR count). The highest BCUT2D eigenvalue weighted by molar-refractivity contribution is 5.92. The quantitative estimate of drug-likeness (QED) is 0.559. The second-order valence-corrected chi connectivity index (χ2v) is 6.71. The van der Waals surface area contributed by atoms with E-state index in [0.717, 1.165) is 31.0 Å². The number of nitrogens with one attached hydrogen (secondary N) is 2. The van der Waals surface area contributed by atoms with Gasteiger partial charge in [0.05, 0.1) is 16.7 Å². The van der Waals surface area contributed by atoms with E-state index in [-0.39, 0.29) is 30.0 Å².